The quantitative estimate of drug-likeness (QED) is 0.550. The highest BCUT2D eigenvalue weighted by atomic mass is 16.1. The first-order valence-electron chi connectivity index (χ1n) is 8.12. The maximum atomic E-state index is 11.9. The van der Waals surface area contributed by atoms with E-state index in [0.717, 1.165) is 13.0 Å². The number of carbonyl (C=O) groups is 1. The normalized spacial score (nSPS) is 19.2. The molecule has 112 valence electrons. The summed E-state index contributed by atoms with van der Waals surface area (Å²) < 4.78 is 0. The van der Waals surface area contributed by atoms with Crippen molar-refractivity contribution >= 4 is 5.91 Å². The minimum atomic E-state index is 0.224. The monoisotopic (exact) mass is 268 g/mol. The van der Waals surface area contributed by atoms with Crippen LogP contribution in [-0.2, 0) is 4.79 Å². The van der Waals surface area contributed by atoms with Crippen LogP contribution in [0.5, 0.6) is 0 Å². The minimum absolute atomic E-state index is 0.224. The summed E-state index contributed by atoms with van der Waals surface area (Å²) in [6.07, 6.45) is 9.58. The van der Waals surface area contributed by atoms with E-state index in [1.165, 1.54) is 38.5 Å². The molecule has 0 aromatic heterocycles. The van der Waals surface area contributed by atoms with Crippen molar-refractivity contribution in [2.45, 2.75) is 84.2 Å². The van der Waals surface area contributed by atoms with Crippen molar-refractivity contribution < 1.29 is 4.79 Å². The van der Waals surface area contributed by atoms with E-state index in [2.05, 4.69) is 31.4 Å². The Morgan fingerprint density at radius 2 is 1.74 bits per heavy atom. The van der Waals surface area contributed by atoms with Gasteiger partial charge < -0.3 is 10.6 Å². The summed E-state index contributed by atoms with van der Waals surface area (Å²) in [5, 5.41) is 6.54. The average Bonchev–Trinajstić information content (AvgIpc) is 2.63. The second-order valence-corrected chi connectivity index (χ2v) is 6.32. The predicted molar refractivity (Wildman–Crippen MR) is 81.2 cm³/mol. The van der Waals surface area contributed by atoms with Crippen LogP contribution < -0.4 is 10.6 Å². The van der Waals surface area contributed by atoms with Gasteiger partial charge in [-0.25, -0.2) is 0 Å². The Balaban J connectivity index is 2.15. The van der Waals surface area contributed by atoms with Gasteiger partial charge in [0.25, 0.3) is 0 Å². The van der Waals surface area contributed by atoms with E-state index in [-0.39, 0.29) is 5.91 Å². The first kappa shape index (κ1) is 16.5. The Labute approximate surface area is 118 Å². The van der Waals surface area contributed by atoms with Gasteiger partial charge in [0, 0.05) is 18.5 Å². The lowest BCUT2D eigenvalue weighted by molar-refractivity contribution is -0.122. The summed E-state index contributed by atoms with van der Waals surface area (Å²) in [6.45, 7) is 7.38. The first-order chi connectivity index (χ1) is 9.09. The van der Waals surface area contributed by atoms with E-state index in [4.69, 9.17) is 0 Å². The lowest BCUT2D eigenvalue weighted by Crippen LogP contribution is -2.38. The van der Waals surface area contributed by atoms with Gasteiger partial charge in [-0.05, 0) is 38.6 Å². The third-order valence-electron chi connectivity index (χ3n) is 4.13. The molecule has 1 saturated carbocycles. The van der Waals surface area contributed by atoms with Gasteiger partial charge in [-0.3, -0.25) is 4.79 Å². The smallest absolute Gasteiger partial charge is 0.220 e. The highest BCUT2D eigenvalue weighted by Gasteiger charge is 2.20. The fraction of sp³-hybridized carbons (Fsp3) is 0.938. The largest absolute Gasteiger partial charge is 0.353 e. The lowest BCUT2D eigenvalue weighted by atomic mass is 9.93. The van der Waals surface area contributed by atoms with Gasteiger partial charge >= 0.3 is 0 Å². The second-order valence-electron chi connectivity index (χ2n) is 6.32. The van der Waals surface area contributed by atoms with E-state index in [0.29, 0.717) is 24.4 Å². The Morgan fingerprint density at radius 1 is 1.11 bits per heavy atom. The predicted octanol–water partition coefficient (Wildman–Crippen LogP) is 3.24. The van der Waals surface area contributed by atoms with Gasteiger partial charge in [-0.1, -0.05) is 39.5 Å². The van der Waals surface area contributed by atoms with Crippen LogP contribution in [-0.4, -0.2) is 24.5 Å². The molecule has 3 heteroatoms. The highest BCUT2D eigenvalue weighted by Crippen LogP contribution is 2.25. The molecule has 19 heavy (non-hydrogen) atoms. The maximum absolute atomic E-state index is 11.9. The number of amides is 1. The molecular weight excluding hydrogens is 236 g/mol. The summed E-state index contributed by atoms with van der Waals surface area (Å²) in [5.41, 5.74) is 0. The highest BCUT2D eigenvalue weighted by molar-refractivity contribution is 5.76. The van der Waals surface area contributed by atoms with Crippen molar-refractivity contribution in [1.82, 2.24) is 10.6 Å². The van der Waals surface area contributed by atoms with Crippen molar-refractivity contribution in [1.29, 1.82) is 0 Å². The van der Waals surface area contributed by atoms with Crippen LogP contribution in [0.1, 0.15) is 72.1 Å². The third-order valence-corrected chi connectivity index (χ3v) is 4.13. The third kappa shape index (κ3) is 7.56. The van der Waals surface area contributed by atoms with Crippen LogP contribution in [0.25, 0.3) is 0 Å². The molecule has 1 amide bonds. The van der Waals surface area contributed by atoms with Gasteiger partial charge in [0.15, 0.2) is 0 Å². The molecular formula is C16H32N2O. The number of rotatable bonds is 7. The zero-order valence-electron chi connectivity index (χ0n) is 13.0. The van der Waals surface area contributed by atoms with Crippen LogP contribution in [0.15, 0.2) is 0 Å². The lowest BCUT2D eigenvalue weighted by Gasteiger charge is -2.23. The zero-order chi connectivity index (χ0) is 14.1. The van der Waals surface area contributed by atoms with Crippen molar-refractivity contribution in [3.63, 3.8) is 0 Å². The molecule has 0 saturated heterocycles. The SMILES string of the molecule is CC(C)NCCCC(=O)N[C@@H](C)C1CCCCCC1. The van der Waals surface area contributed by atoms with Crippen molar-refractivity contribution in [3.8, 4) is 0 Å². The Morgan fingerprint density at radius 3 is 2.32 bits per heavy atom. The fourth-order valence-corrected chi connectivity index (χ4v) is 2.89. The molecule has 1 rings (SSSR count). The molecule has 0 heterocycles. The molecule has 0 bridgehead atoms. The summed E-state index contributed by atoms with van der Waals surface area (Å²) in [6, 6.07) is 0.858. The van der Waals surface area contributed by atoms with Crippen LogP contribution >= 0.6 is 0 Å². The van der Waals surface area contributed by atoms with Gasteiger partial charge in [0.05, 0.1) is 0 Å². The zero-order valence-corrected chi connectivity index (χ0v) is 13.0. The molecule has 0 spiro atoms. The first-order valence-corrected chi connectivity index (χ1v) is 8.12. The molecule has 0 aliphatic heterocycles. The maximum Gasteiger partial charge on any atom is 0.220 e. The van der Waals surface area contributed by atoms with Crippen molar-refractivity contribution in [3.05, 3.63) is 0 Å². The average molecular weight is 268 g/mol. The molecule has 3 nitrogen and oxygen atoms in total. The van der Waals surface area contributed by atoms with Crippen LogP contribution in [0.2, 0.25) is 0 Å². The number of carbonyl (C=O) groups excluding carboxylic acids is 1. The van der Waals surface area contributed by atoms with E-state index >= 15 is 0 Å². The van der Waals surface area contributed by atoms with E-state index in [1.807, 2.05) is 0 Å². The molecule has 0 aromatic carbocycles. The Bertz CT molecular complexity index is 245. The Hall–Kier alpha value is -0.570. The van der Waals surface area contributed by atoms with Gasteiger partial charge in [0.2, 0.25) is 5.91 Å². The van der Waals surface area contributed by atoms with Crippen LogP contribution in [0, 0.1) is 5.92 Å². The van der Waals surface area contributed by atoms with Crippen LogP contribution in [0.4, 0.5) is 0 Å². The molecule has 1 aliphatic carbocycles. The molecule has 1 aliphatic rings. The van der Waals surface area contributed by atoms with E-state index in [1.54, 1.807) is 0 Å². The van der Waals surface area contributed by atoms with E-state index in [9.17, 15) is 4.79 Å². The number of nitrogens with one attached hydrogen (secondary N) is 2. The number of hydrogen-bond acceptors (Lipinski definition) is 2. The number of hydrogen-bond donors (Lipinski definition) is 2. The van der Waals surface area contributed by atoms with Gasteiger partial charge in [-0.2, -0.15) is 0 Å². The molecule has 1 fully saturated rings. The van der Waals surface area contributed by atoms with Gasteiger partial charge in [0.1, 0.15) is 0 Å². The summed E-state index contributed by atoms with van der Waals surface area (Å²) in [5.74, 6) is 0.919. The second kappa shape index (κ2) is 9.35. The molecule has 1 atom stereocenters. The van der Waals surface area contributed by atoms with Gasteiger partial charge in [-0.15, -0.1) is 0 Å². The minimum Gasteiger partial charge on any atom is -0.353 e. The van der Waals surface area contributed by atoms with Crippen molar-refractivity contribution in [2.24, 2.45) is 5.92 Å². The molecule has 0 radical (unpaired) electrons. The van der Waals surface area contributed by atoms with Crippen molar-refractivity contribution in [2.75, 3.05) is 6.54 Å². The van der Waals surface area contributed by atoms with E-state index < -0.39 is 0 Å². The standard InChI is InChI=1S/C16H32N2O/c1-13(2)17-12-8-11-16(19)18-14(3)15-9-6-4-5-7-10-15/h13-15,17H,4-12H2,1-3H3,(H,18,19)/t14-/m0/s1. The molecule has 2 N–H and O–H groups in total. The fourth-order valence-electron chi connectivity index (χ4n) is 2.89. The topological polar surface area (TPSA) is 41.1 Å². The summed E-state index contributed by atoms with van der Waals surface area (Å²) in [4.78, 5) is 11.9. The Kier molecular flexibility index (Phi) is 8.11. The van der Waals surface area contributed by atoms with Crippen LogP contribution in [0.3, 0.4) is 0 Å². The summed E-state index contributed by atoms with van der Waals surface area (Å²) in [7, 11) is 0. The molecule has 0 aromatic rings. The molecule has 0 unspecified atom stereocenters. The summed E-state index contributed by atoms with van der Waals surface area (Å²) >= 11 is 0.